The molecule has 0 saturated carbocycles. The zero-order valence-corrected chi connectivity index (χ0v) is 16.5. The molecule has 6 heteroatoms. The highest BCUT2D eigenvalue weighted by Gasteiger charge is 2.24. The molecule has 0 aromatic carbocycles. The van der Waals surface area contributed by atoms with E-state index in [9.17, 15) is 14.7 Å². The van der Waals surface area contributed by atoms with E-state index in [1.807, 2.05) is 6.92 Å². The number of amides is 1. The second kappa shape index (κ2) is 9.03. The Morgan fingerprint density at radius 3 is 2.46 bits per heavy atom. The lowest BCUT2D eigenvalue weighted by molar-refractivity contribution is 0.0438. The molecule has 0 bridgehead atoms. The van der Waals surface area contributed by atoms with E-state index >= 15 is 0 Å². The number of ketones is 1. The molecular formula is C20H31NO5. The quantitative estimate of drug-likeness (QED) is 0.535. The van der Waals surface area contributed by atoms with Gasteiger partial charge in [0.2, 0.25) is 0 Å². The van der Waals surface area contributed by atoms with Gasteiger partial charge in [0.05, 0.1) is 17.4 Å². The fourth-order valence-electron chi connectivity index (χ4n) is 2.31. The van der Waals surface area contributed by atoms with Crippen molar-refractivity contribution in [1.82, 2.24) is 5.32 Å². The first-order chi connectivity index (χ1) is 11.9. The van der Waals surface area contributed by atoms with E-state index in [-0.39, 0.29) is 17.7 Å². The highest BCUT2D eigenvalue weighted by atomic mass is 16.6. The number of hydrogen-bond donors (Lipinski definition) is 2. The van der Waals surface area contributed by atoms with Crippen LogP contribution in [0.5, 0.6) is 0 Å². The van der Waals surface area contributed by atoms with Crippen molar-refractivity contribution < 1.29 is 23.8 Å². The highest BCUT2D eigenvalue weighted by Crippen LogP contribution is 2.19. The van der Waals surface area contributed by atoms with Crippen LogP contribution in [0, 0.1) is 5.92 Å². The number of furan rings is 1. The van der Waals surface area contributed by atoms with Crippen LogP contribution in [-0.4, -0.2) is 34.2 Å². The zero-order chi connectivity index (χ0) is 20.0. The van der Waals surface area contributed by atoms with Gasteiger partial charge in [-0.05, 0) is 65.5 Å². The Bertz CT molecular complexity index is 605. The molecule has 1 rings (SSSR count). The molecule has 146 valence electrons. The molecule has 6 nitrogen and oxygen atoms in total. The van der Waals surface area contributed by atoms with Crippen LogP contribution in [-0.2, 0) is 4.74 Å². The molecular weight excluding hydrogens is 334 g/mol. The van der Waals surface area contributed by atoms with Gasteiger partial charge in [0.25, 0.3) is 0 Å². The zero-order valence-electron chi connectivity index (χ0n) is 16.5. The molecule has 0 saturated heterocycles. The first-order valence-corrected chi connectivity index (χ1v) is 8.84. The van der Waals surface area contributed by atoms with Crippen molar-refractivity contribution in [2.24, 2.45) is 5.92 Å². The summed E-state index contributed by atoms with van der Waals surface area (Å²) in [6, 6.07) is 1.33. The summed E-state index contributed by atoms with van der Waals surface area (Å²) in [5.74, 6) is -0.287. The van der Waals surface area contributed by atoms with E-state index in [1.165, 1.54) is 18.6 Å². The van der Waals surface area contributed by atoms with E-state index in [0.717, 1.165) is 0 Å². The Hall–Kier alpha value is -2.08. The standard InChI is InChI=1S/C20H31NO5/c1-14(7-8-17(22)15-10-12-25-13-15)16(9-11-20(5,6)24)21-18(23)26-19(2,3)4/h7-8,10,12-14,16,24H,9,11H2,1-6H3,(H,21,23)/b8-7+/t14-,16+/m1/s1. The summed E-state index contributed by atoms with van der Waals surface area (Å²) in [6.45, 7) is 10.7. The van der Waals surface area contributed by atoms with Crippen molar-refractivity contribution in [3.8, 4) is 0 Å². The fourth-order valence-corrected chi connectivity index (χ4v) is 2.31. The van der Waals surface area contributed by atoms with Gasteiger partial charge in [-0.15, -0.1) is 0 Å². The van der Waals surface area contributed by atoms with E-state index in [1.54, 1.807) is 46.8 Å². The number of allylic oxidation sites excluding steroid dienone is 1. The number of ether oxygens (including phenoxy) is 1. The van der Waals surface area contributed by atoms with Crippen molar-refractivity contribution in [2.45, 2.75) is 71.6 Å². The first-order valence-electron chi connectivity index (χ1n) is 8.84. The van der Waals surface area contributed by atoms with Crippen LogP contribution >= 0.6 is 0 Å². The number of hydrogen-bond acceptors (Lipinski definition) is 5. The largest absolute Gasteiger partial charge is 0.472 e. The molecule has 1 aromatic heterocycles. The second-order valence-corrected chi connectivity index (χ2v) is 8.20. The molecule has 0 fully saturated rings. The lowest BCUT2D eigenvalue weighted by atomic mass is 9.91. The Labute approximate surface area is 155 Å². The van der Waals surface area contributed by atoms with Gasteiger partial charge in [-0.1, -0.05) is 13.0 Å². The number of aliphatic hydroxyl groups is 1. The number of carbonyl (C=O) groups excluding carboxylic acids is 2. The summed E-state index contributed by atoms with van der Waals surface area (Å²) < 4.78 is 10.2. The third-order valence-corrected chi connectivity index (χ3v) is 3.76. The monoisotopic (exact) mass is 365 g/mol. The lowest BCUT2D eigenvalue weighted by Crippen LogP contribution is -2.43. The molecule has 0 aliphatic carbocycles. The van der Waals surface area contributed by atoms with Crippen molar-refractivity contribution in [2.75, 3.05) is 0 Å². The normalized spacial score (nSPS) is 14.9. The topological polar surface area (TPSA) is 88.8 Å². The summed E-state index contributed by atoms with van der Waals surface area (Å²) in [4.78, 5) is 24.2. The van der Waals surface area contributed by atoms with Gasteiger partial charge in [-0.3, -0.25) is 4.79 Å². The van der Waals surface area contributed by atoms with E-state index in [0.29, 0.717) is 18.4 Å². The Balaban J connectivity index is 2.78. The van der Waals surface area contributed by atoms with Crippen molar-refractivity contribution in [1.29, 1.82) is 0 Å². The van der Waals surface area contributed by atoms with Crippen molar-refractivity contribution in [3.63, 3.8) is 0 Å². The molecule has 1 heterocycles. The summed E-state index contributed by atoms with van der Waals surface area (Å²) in [5, 5.41) is 12.8. The maximum absolute atomic E-state index is 12.1. The van der Waals surface area contributed by atoms with E-state index in [2.05, 4.69) is 5.32 Å². The van der Waals surface area contributed by atoms with Crippen LogP contribution in [0.15, 0.2) is 35.2 Å². The van der Waals surface area contributed by atoms with Crippen molar-refractivity contribution >= 4 is 11.9 Å². The van der Waals surface area contributed by atoms with Crippen LogP contribution < -0.4 is 5.32 Å². The lowest BCUT2D eigenvalue weighted by Gasteiger charge is -2.28. The van der Waals surface area contributed by atoms with Gasteiger partial charge < -0.3 is 19.6 Å². The molecule has 1 amide bonds. The van der Waals surface area contributed by atoms with E-state index < -0.39 is 17.3 Å². The molecule has 0 unspecified atom stereocenters. The average molecular weight is 365 g/mol. The SMILES string of the molecule is C[C@H](/C=C/C(=O)c1ccoc1)[C@H](CCC(C)(C)O)NC(=O)OC(C)(C)C. The number of rotatable bonds is 8. The van der Waals surface area contributed by atoms with Crippen LogP contribution in [0.4, 0.5) is 4.79 Å². The Morgan fingerprint density at radius 1 is 1.31 bits per heavy atom. The summed E-state index contributed by atoms with van der Waals surface area (Å²) >= 11 is 0. The van der Waals surface area contributed by atoms with Gasteiger partial charge in [-0.2, -0.15) is 0 Å². The summed E-state index contributed by atoms with van der Waals surface area (Å²) in [6.07, 6.45) is 6.60. The minimum atomic E-state index is -0.843. The Kier molecular flexibility index (Phi) is 7.63. The van der Waals surface area contributed by atoms with Gasteiger partial charge in [0.1, 0.15) is 11.9 Å². The molecule has 26 heavy (non-hydrogen) atoms. The summed E-state index contributed by atoms with van der Waals surface area (Å²) in [7, 11) is 0. The molecule has 2 atom stereocenters. The fraction of sp³-hybridized carbons (Fsp3) is 0.600. The third-order valence-electron chi connectivity index (χ3n) is 3.76. The predicted octanol–water partition coefficient (Wildman–Crippen LogP) is 4.10. The number of alkyl carbamates (subject to hydrolysis) is 1. The Morgan fingerprint density at radius 2 is 1.96 bits per heavy atom. The van der Waals surface area contributed by atoms with Gasteiger partial charge in [0, 0.05) is 6.04 Å². The van der Waals surface area contributed by atoms with Crippen molar-refractivity contribution in [3.05, 3.63) is 36.3 Å². The maximum atomic E-state index is 12.1. The smallest absolute Gasteiger partial charge is 0.407 e. The molecule has 2 N–H and O–H groups in total. The predicted molar refractivity (Wildman–Crippen MR) is 100 cm³/mol. The van der Waals surface area contributed by atoms with Gasteiger partial charge in [-0.25, -0.2) is 4.79 Å². The average Bonchev–Trinajstić information content (AvgIpc) is 3.00. The van der Waals surface area contributed by atoms with Gasteiger partial charge >= 0.3 is 6.09 Å². The minimum absolute atomic E-state index is 0.124. The van der Waals surface area contributed by atoms with Crippen LogP contribution in [0.2, 0.25) is 0 Å². The molecule has 0 aliphatic rings. The van der Waals surface area contributed by atoms with Crippen LogP contribution in [0.1, 0.15) is 64.7 Å². The maximum Gasteiger partial charge on any atom is 0.407 e. The van der Waals surface area contributed by atoms with E-state index in [4.69, 9.17) is 9.15 Å². The number of carbonyl (C=O) groups is 2. The molecule has 0 radical (unpaired) electrons. The molecule has 0 aliphatic heterocycles. The first kappa shape index (κ1) is 22.0. The third kappa shape index (κ3) is 8.85. The molecule has 1 aromatic rings. The highest BCUT2D eigenvalue weighted by molar-refractivity contribution is 6.04. The van der Waals surface area contributed by atoms with Crippen LogP contribution in [0.3, 0.4) is 0 Å². The van der Waals surface area contributed by atoms with Crippen LogP contribution in [0.25, 0.3) is 0 Å². The van der Waals surface area contributed by atoms with Gasteiger partial charge in [0.15, 0.2) is 5.78 Å². The minimum Gasteiger partial charge on any atom is -0.472 e. The summed E-state index contributed by atoms with van der Waals surface area (Å²) in [5.41, 5.74) is -0.966. The molecule has 0 spiro atoms. The number of nitrogens with one attached hydrogen (secondary N) is 1. The second-order valence-electron chi connectivity index (χ2n) is 8.20.